The van der Waals surface area contributed by atoms with E-state index in [1.165, 1.54) is 0 Å². The van der Waals surface area contributed by atoms with Crippen molar-refractivity contribution in [2.75, 3.05) is 11.9 Å². The molecule has 1 heterocycles. The molecule has 1 aromatic heterocycles. The Hall–Kier alpha value is -3.43. The van der Waals surface area contributed by atoms with Gasteiger partial charge >= 0.3 is 0 Å². The molecule has 2 atom stereocenters. The van der Waals surface area contributed by atoms with E-state index in [0.29, 0.717) is 17.7 Å². The maximum atomic E-state index is 12.9. The van der Waals surface area contributed by atoms with E-state index in [2.05, 4.69) is 22.6 Å². The van der Waals surface area contributed by atoms with E-state index in [1.54, 1.807) is 35.6 Å². The van der Waals surface area contributed by atoms with Crippen LogP contribution < -0.4 is 10.6 Å². The molecule has 0 saturated heterocycles. The van der Waals surface area contributed by atoms with Gasteiger partial charge in [0, 0.05) is 17.2 Å². The maximum absolute atomic E-state index is 12.9. The second-order valence-corrected chi connectivity index (χ2v) is 8.23. The van der Waals surface area contributed by atoms with Crippen LogP contribution in [0.5, 0.6) is 0 Å². The number of benzene rings is 2. The van der Waals surface area contributed by atoms with Gasteiger partial charge in [-0.05, 0) is 43.2 Å². The number of carbonyl (C=O) groups is 2. The summed E-state index contributed by atoms with van der Waals surface area (Å²) in [5, 5.41) is 6.52. The van der Waals surface area contributed by atoms with Crippen molar-refractivity contribution in [3.05, 3.63) is 71.3 Å². The van der Waals surface area contributed by atoms with Crippen LogP contribution in [0.25, 0.3) is 10.2 Å². The monoisotopic (exact) mass is 415 g/mol. The Morgan fingerprint density at radius 2 is 1.97 bits per heavy atom. The van der Waals surface area contributed by atoms with Gasteiger partial charge in [-0.15, -0.1) is 17.8 Å². The van der Waals surface area contributed by atoms with Crippen molar-refractivity contribution >= 4 is 39.1 Å². The highest BCUT2D eigenvalue weighted by Gasteiger charge is 2.32. The van der Waals surface area contributed by atoms with E-state index in [9.17, 15) is 9.59 Å². The summed E-state index contributed by atoms with van der Waals surface area (Å²) >= 11 is 1.63. The van der Waals surface area contributed by atoms with Crippen molar-refractivity contribution in [1.29, 1.82) is 0 Å². The summed E-state index contributed by atoms with van der Waals surface area (Å²) < 4.78 is 1.12. The van der Waals surface area contributed by atoms with Crippen molar-refractivity contribution in [2.24, 2.45) is 5.92 Å². The zero-order valence-electron chi connectivity index (χ0n) is 16.3. The Labute approximate surface area is 179 Å². The largest absolute Gasteiger partial charge is 0.347 e. The van der Waals surface area contributed by atoms with Gasteiger partial charge in [-0.3, -0.25) is 9.59 Å². The first kappa shape index (κ1) is 19.9. The third-order valence-electron chi connectivity index (χ3n) is 5.13. The maximum Gasteiger partial charge on any atom is 0.243 e. The quantitative estimate of drug-likeness (QED) is 0.487. The van der Waals surface area contributed by atoms with Crippen molar-refractivity contribution < 1.29 is 9.59 Å². The molecule has 0 aliphatic heterocycles. The Morgan fingerprint density at radius 3 is 2.80 bits per heavy atom. The first-order valence-corrected chi connectivity index (χ1v) is 10.6. The number of nitrogens with zero attached hydrogens (tertiary/aromatic N) is 1. The normalized spacial score (nSPS) is 18.0. The molecule has 1 aliphatic carbocycles. The molecule has 2 aromatic carbocycles. The Morgan fingerprint density at radius 1 is 1.13 bits per heavy atom. The summed E-state index contributed by atoms with van der Waals surface area (Å²) in [6, 6.07) is 15.0. The third kappa shape index (κ3) is 4.42. The number of anilines is 1. The second kappa shape index (κ2) is 8.93. The summed E-state index contributed by atoms with van der Waals surface area (Å²) in [5.74, 6) is 1.89. The minimum Gasteiger partial charge on any atom is -0.347 e. The second-order valence-electron chi connectivity index (χ2n) is 7.17. The molecule has 1 aliphatic rings. The highest BCUT2D eigenvalue weighted by molar-refractivity contribution is 7.18. The lowest BCUT2D eigenvalue weighted by Crippen LogP contribution is -2.39. The number of allylic oxidation sites excluding steroid dienone is 2. The summed E-state index contributed by atoms with van der Waals surface area (Å²) in [4.78, 5) is 29.9. The number of thiazole rings is 1. The number of rotatable bonds is 5. The Balaban J connectivity index is 1.40. The van der Waals surface area contributed by atoms with Gasteiger partial charge in [-0.1, -0.05) is 36.3 Å². The fraction of sp³-hybridized carbons (Fsp3) is 0.208. The number of fused-ring (bicyclic) bond motifs is 1. The number of para-hydroxylation sites is 1. The van der Waals surface area contributed by atoms with Gasteiger partial charge in [0.1, 0.15) is 0 Å². The van der Waals surface area contributed by atoms with Crippen LogP contribution in [-0.2, 0) is 9.59 Å². The minimum atomic E-state index is -0.291. The molecule has 0 saturated carbocycles. The van der Waals surface area contributed by atoms with Crippen LogP contribution in [0.4, 0.5) is 5.69 Å². The van der Waals surface area contributed by atoms with Crippen molar-refractivity contribution in [1.82, 2.24) is 10.3 Å². The molecule has 6 heteroatoms. The van der Waals surface area contributed by atoms with E-state index >= 15 is 0 Å². The third-order valence-corrected chi connectivity index (χ3v) is 6.30. The van der Waals surface area contributed by atoms with Gasteiger partial charge in [0.15, 0.2) is 0 Å². The van der Waals surface area contributed by atoms with Gasteiger partial charge < -0.3 is 10.6 Å². The van der Waals surface area contributed by atoms with E-state index in [0.717, 1.165) is 21.6 Å². The van der Waals surface area contributed by atoms with E-state index in [1.807, 2.05) is 30.3 Å². The van der Waals surface area contributed by atoms with Crippen LogP contribution in [0.2, 0.25) is 0 Å². The van der Waals surface area contributed by atoms with Crippen LogP contribution in [0, 0.1) is 18.3 Å². The number of carbonyl (C=O) groups excluding carboxylic acids is 2. The van der Waals surface area contributed by atoms with Crippen molar-refractivity contribution in [3.8, 4) is 12.3 Å². The predicted molar refractivity (Wildman–Crippen MR) is 120 cm³/mol. The topological polar surface area (TPSA) is 71.1 Å². The summed E-state index contributed by atoms with van der Waals surface area (Å²) in [6.45, 7) is -0.0914. The highest BCUT2D eigenvalue weighted by atomic mass is 32.1. The van der Waals surface area contributed by atoms with Crippen LogP contribution in [0.1, 0.15) is 29.3 Å². The first-order chi connectivity index (χ1) is 14.6. The van der Waals surface area contributed by atoms with E-state index in [-0.39, 0.29) is 30.2 Å². The SMILES string of the molecule is C#Cc1cccc(NC(=O)CNC(=O)C2CC=CCC2c2nc3ccccc3s2)c1. The molecule has 3 aromatic rings. The Bertz CT molecular complexity index is 1130. The zero-order chi connectivity index (χ0) is 20.9. The average molecular weight is 416 g/mol. The highest BCUT2D eigenvalue weighted by Crippen LogP contribution is 2.38. The van der Waals surface area contributed by atoms with E-state index in [4.69, 9.17) is 11.4 Å². The van der Waals surface area contributed by atoms with Crippen LogP contribution >= 0.6 is 11.3 Å². The fourth-order valence-electron chi connectivity index (χ4n) is 3.62. The van der Waals surface area contributed by atoms with E-state index < -0.39 is 0 Å². The molecule has 2 N–H and O–H groups in total. The van der Waals surface area contributed by atoms with Gasteiger partial charge in [-0.2, -0.15) is 0 Å². The van der Waals surface area contributed by atoms with Crippen LogP contribution in [0.15, 0.2) is 60.7 Å². The molecule has 150 valence electrons. The smallest absolute Gasteiger partial charge is 0.243 e. The zero-order valence-corrected chi connectivity index (χ0v) is 17.1. The average Bonchev–Trinajstić information content (AvgIpc) is 3.22. The van der Waals surface area contributed by atoms with Crippen LogP contribution in [-0.4, -0.2) is 23.3 Å². The summed E-state index contributed by atoms with van der Waals surface area (Å²) in [6.07, 6.45) is 10.9. The van der Waals surface area contributed by atoms with Crippen molar-refractivity contribution in [3.63, 3.8) is 0 Å². The molecule has 0 fully saturated rings. The fourth-order valence-corrected chi connectivity index (χ4v) is 4.76. The standard InChI is InChI=1S/C24H21N3O2S/c1-2-16-8-7-9-17(14-16)26-22(28)15-25-23(29)18-10-3-4-11-19(18)24-27-20-12-5-6-13-21(20)30-24/h1,3-9,12-14,18-19H,10-11,15H2,(H,25,29)(H,26,28). The molecule has 30 heavy (non-hydrogen) atoms. The summed E-state index contributed by atoms with van der Waals surface area (Å²) in [7, 11) is 0. The molecule has 0 radical (unpaired) electrons. The Kier molecular flexibility index (Phi) is 5.92. The molecule has 4 rings (SSSR count). The van der Waals surface area contributed by atoms with Gasteiger partial charge in [0.25, 0.3) is 0 Å². The van der Waals surface area contributed by atoms with Gasteiger partial charge in [0.2, 0.25) is 11.8 Å². The molecular weight excluding hydrogens is 394 g/mol. The number of hydrogen-bond donors (Lipinski definition) is 2. The number of hydrogen-bond acceptors (Lipinski definition) is 4. The minimum absolute atomic E-state index is 0.0165. The van der Waals surface area contributed by atoms with Crippen LogP contribution in [0.3, 0.4) is 0 Å². The summed E-state index contributed by atoms with van der Waals surface area (Å²) in [5.41, 5.74) is 2.25. The lowest BCUT2D eigenvalue weighted by atomic mass is 9.82. The van der Waals surface area contributed by atoms with Gasteiger partial charge in [0.05, 0.1) is 27.7 Å². The molecule has 2 unspecified atom stereocenters. The number of nitrogens with one attached hydrogen (secondary N) is 2. The molecule has 2 amide bonds. The predicted octanol–water partition coefficient (Wildman–Crippen LogP) is 4.08. The number of amides is 2. The molecule has 5 nitrogen and oxygen atoms in total. The molecule has 0 bridgehead atoms. The lowest BCUT2D eigenvalue weighted by molar-refractivity contribution is -0.127. The molecule has 0 spiro atoms. The number of terminal acetylenes is 1. The number of aromatic nitrogens is 1. The first-order valence-electron chi connectivity index (χ1n) is 9.79. The lowest BCUT2D eigenvalue weighted by Gasteiger charge is -2.25. The molecular formula is C24H21N3O2S. The van der Waals surface area contributed by atoms with Crippen molar-refractivity contribution in [2.45, 2.75) is 18.8 Å². The van der Waals surface area contributed by atoms with Gasteiger partial charge in [-0.25, -0.2) is 4.98 Å².